The molecule has 112 valence electrons. The monoisotopic (exact) mass is 297 g/mol. The highest BCUT2D eigenvalue weighted by Crippen LogP contribution is 2.19. The van der Waals surface area contributed by atoms with Crippen molar-refractivity contribution in [3.63, 3.8) is 0 Å². The van der Waals surface area contributed by atoms with Crippen LogP contribution in [0.5, 0.6) is 5.75 Å². The number of ether oxygens (including phenoxy) is 2. The third-order valence-corrected chi connectivity index (χ3v) is 3.64. The third kappa shape index (κ3) is 6.30. The summed E-state index contributed by atoms with van der Waals surface area (Å²) in [6.07, 6.45) is 0.992. The average Bonchev–Trinajstić information content (AvgIpc) is 2.46. The zero-order valence-electron chi connectivity index (χ0n) is 12.1. The van der Waals surface area contributed by atoms with Crippen LogP contribution in [0.3, 0.4) is 0 Å². The van der Waals surface area contributed by atoms with Crippen molar-refractivity contribution in [2.24, 2.45) is 5.73 Å². The Morgan fingerprint density at radius 3 is 2.60 bits per heavy atom. The summed E-state index contributed by atoms with van der Waals surface area (Å²) >= 11 is 1.49. The van der Waals surface area contributed by atoms with Gasteiger partial charge in [0.1, 0.15) is 5.75 Å². The fourth-order valence-corrected chi connectivity index (χ4v) is 2.41. The molecule has 5 heteroatoms. The molecule has 0 amide bonds. The SMILES string of the molecule is CCCOc1ccc(C(N)CSCC(=O)OCC)cc1. The van der Waals surface area contributed by atoms with Crippen LogP contribution in [0, 0.1) is 0 Å². The molecule has 0 heterocycles. The summed E-state index contributed by atoms with van der Waals surface area (Å²) in [7, 11) is 0. The molecule has 1 rings (SSSR count). The molecule has 0 spiro atoms. The normalized spacial score (nSPS) is 11.9. The van der Waals surface area contributed by atoms with E-state index in [1.54, 1.807) is 6.92 Å². The topological polar surface area (TPSA) is 61.5 Å². The molecule has 1 unspecified atom stereocenters. The van der Waals surface area contributed by atoms with E-state index in [9.17, 15) is 4.79 Å². The second kappa shape index (κ2) is 9.66. The maximum atomic E-state index is 11.2. The van der Waals surface area contributed by atoms with Gasteiger partial charge in [-0.25, -0.2) is 0 Å². The highest BCUT2D eigenvalue weighted by atomic mass is 32.2. The van der Waals surface area contributed by atoms with Crippen LogP contribution < -0.4 is 10.5 Å². The lowest BCUT2D eigenvalue weighted by molar-refractivity contribution is -0.139. The van der Waals surface area contributed by atoms with Gasteiger partial charge in [0.05, 0.1) is 19.0 Å². The molecule has 1 aromatic rings. The molecular weight excluding hydrogens is 274 g/mol. The molecule has 20 heavy (non-hydrogen) atoms. The van der Waals surface area contributed by atoms with Gasteiger partial charge >= 0.3 is 5.97 Å². The first-order valence-corrected chi connectivity index (χ1v) is 8.04. The molecule has 4 nitrogen and oxygen atoms in total. The quantitative estimate of drug-likeness (QED) is 0.710. The summed E-state index contributed by atoms with van der Waals surface area (Å²) in [6.45, 7) is 5.02. The molecule has 0 radical (unpaired) electrons. The second-order valence-corrected chi connectivity index (χ2v) is 5.37. The Bertz CT molecular complexity index is 395. The van der Waals surface area contributed by atoms with Gasteiger partial charge in [0.15, 0.2) is 0 Å². The number of benzene rings is 1. The summed E-state index contributed by atoms with van der Waals surface area (Å²) < 4.78 is 10.4. The number of esters is 1. The molecule has 0 saturated heterocycles. The van der Waals surface area contributed by atoms with Crippen molar-refractivity contribution in [2.75, 3.05) is 24.7 Å². The number of rotatable bonds is 9. The molecule has 1 atom stereocenters. The number of thioether (sulfide) groups is 1. The molecule has 0 aliphatic heterocycles. The number of nitrogens with two attached hydrogens (primary N) is 1. The predicted molar refractivity (Wildman–Crippen MR) is 83.1 cm³/mol. The van der Waals surface area contributed by atoms with Crippen LogP contribution in [-0.2, 0) is 9.53 Å². The minimum atomic E-state index is -0.187. The maximum Gasteiger partial charge on any atom is 0.315 e. The Hall–Kier alpha value is -1.20. The van der Waals surface area contributed by atoms with E-state index in [-0.39, 0.29) is 12.0 Å². The van der Waals surface area contributed by atoms with E-state index in [0.29, 0.717) is 18.1 Å². The Morgan fingerprint density at radius 2 is 2.00 bits per heavy atom. The highest BCUT2D eigenvalue weighted by molar-refractivity contribution is 7.99. The number of hydrogen-bond donors (Lipinski definition) is 1. The molecule has 0 fully saturated rings. The summed E-state index contributed by atoms with van der Waals surface area (Å²) in [5, 5.41) is 0. The molecule has 2 N–H and O–H groups in total. The van der Waals surface area contributed by atoms with Gasteiger partial charge in [0.25, 0.3) is 0 Å². The number of carbonyl (C=O) groups is 1. The summed E-state index contributed by atoms with van der Waals surface area (Å²) in [5.41, 5.74) is 7.14. The lowest BCUT2D eigenvalue weighted by Crippen LogP contribution is -2.15. The second-order valence-electron chi connectivity index (χ2n) is 4.34. The first kappa shape index (κ1) is 16.9. The predicted octanol–water partition coefficient (Wildman–Crippen LogP) is 2.77. The van der Waals surface area contributed by atoms with Gasteiger partial charge in [-0.3, -0.25) is 4.79 Å². The molecular formula is C15H23NO3S. The Balaban J connectivity index is 2.35. The van der Waals surface area contributed by atoms with Crippen LogP contribution in [0.4, 0.5) is 0 Å². The van der Waals surface area contributed by atoms with Gasteiger partial charge in [-0.15, -0.1) is 11.8 Å². The molecule has 0 aromatic heterocycles. The van der Waals surface area contributed by atoms with Gasteiger partial charge in [-0.05, 0) is 31.0 Å². The van der Waals surface area contributed by atoms with Crippen molar-refractivity contribution >= 4 is 17.7 Å². The number of hydrogen-bond acceptors (Lipinski definition) is 5. The van der Waals surface area contributed by atoms with E-state index in [4.69, 9.17) is 15.2 Å². The molecule has 1 aromatic carbocycles. The Labute approximate surface area is 125 Å². The van der Waals surface area contributed by atoms with Gasteiger partial charge in [0, 0.05) is 11.8 Å². The van der Waals surface area contributed by atoms with Crippen molar-refractivity contribution in [1.82, 2.24) is 0 Å². The van der Waals surface area contributed by atoms with Gasteiger partial charge < -0.3 is 15.2 Å². The van der Waals surface area contributed by atoms with Crippen molar-refractivity contribution in [3.8, 4) is 5.75 Å². The first-order chi connectivity index (χ1) is 9.67. The Kier molecular flexibility index (Phi) is 8.14. The Morgan fingerprint density at radius 1 is 1.30 bits per heavy atom. The van der Waals surface area contributed by atoms with E-state index in [1.807, 2.05) is 24.3 Å². The van der Waals surface area contributed by atoms with Gasteiger partial charge in [-0.1, -0.05) is 19.1 Å². The van der Waals surface area contributed by atoms with Crippen LogP contribution >= 0.6 is 11.8 Å². The maximum absolute atomic E-state index is 11.2. The lowest BCUT2D eigenvalue weighted by Gasteiger charge is -2.12. The zero-order valence-corrected chi connectivity index (χ0v) is 12.9. The molecule has 0 saturated carbocycles. The molecule has 0 aliphatic carbocycles. The van der Waals surface area contributed by atoms with Crippen LogP contribution in [0.1, 0.15) is 31.9 Å². The van der Waals surface area contributed by atoms with Crippen molar-refractivity contribution < 1.29 is 14.3 Å². The van der Waals surface area contributed by atoms with E-state index in [1.165, 1.54) is 11.8 Å². The summed E-state index contributed by atoms with van der Waals surface area (Å²) in [5.74, 6) is 1.71. The minimum absolute atomic E-state index is 0.0883. The average molecular weight is 297 g/mol. The highest BCUT2D eigenvalue weighted by Gasteiger charge is 2.08. The molecule has 0 aliphatic rings. The standard InChI is InChI=1S/C15H23NO3S/c1-3-9-19-13-7-5-12(6-8-13)14(16)10-20-11-15(17)18-4-2/h5-8,14H,3-4,9-11,16H2,1-2H3. The van der Waals surface area contributed by atoms with Crippen LogP contribution in [0.2, 0.25) is 0 Å². The van der Waals surface area contributed by atoms with Crippen LogP contribution in [0.25, 0.3) is 0 Å². The van der Waals surface area contributed by atoms with E-state index < -0.39 is 0 Å². The van der Waals surface area contributed by atoms with Crippen molar-refractivity contribution in [1.29, 1.82) is 0 Å². The third-order valence-electron chi connectivity index (χ3n) is 2.60. The van der Waals surface area contributed by atoms with Crippen molar-refractivity contribution in [3.05, 3.63) is 29.8 Å². The lowest BCUT2D eigenvalue weighted by atomic mass is 10.1. The number of carbonyl (C=O) groups excluding carboxylic acids is 1. The van der Waals surface area contributed by atoms with Crippen LogP contribution in [0.15, 0.2) is 24.3 Å². The fourth-order valence-electron chi connectivity index (χ4n) is 1.60. The zero-order chi connectivity index (χ0) is 14.8. The van der Waals surface area contributed by atoms with E-state index >= 15 is 0 Å². The fraction of sp³-hybridized carbons (Fsp3) is 0.533. The van der Waals surface area contributed by atoms with E-state index in [2.05, 4.69) is 6.92 Å². The largest absolute Gasteiger partial charge is 0.494 e. The van der Waals surface area contributed by atoms with Gasteiger partial charge in [0.2, 0.25) is 0 Å². The minimum Gasteiger partial charge on any atom is -0.494 e. The molecule has 0 bridgehead atoms. The first-order valence-electron chi connectivity index (χ1n) is 6.89. The van der Waals surface area contributed by atoms with E-state index in [0.717, 1.165) is 24.3 Å². The summed E-state index contributed by atoms with van der Waals surface area (Å²) in [6, 6.07) is 7.72. The summed E-state index contributed by atoms with van der Waals surface area (Å²) in [4.78, 5) is 11.2. The van der Waals surface area contributed by atoms with Crippen LogP contribution in [-0.4, -0.2) is 30.7 Å². The van der Waals surface area contributed by atoms with Gasteiger partial charge in [-0.2, -0.15) is 0 Å². The van der Waals surface area contributed by atoms with Crippen molar-refractivity contribution in [2.45, 2.75) is 26.3 Å². The smallest absolute Gasteiger partial charge is 0.315 e.